The van der Waals surface area contributed by atoms with Gasteiger partial charge in [0.05, 0.1) is 10.6 Å². The van der Waals surface area contributed by atoms with Crippen molar-refractivity contribution in [3.63, 3.8) is 0 Å². The monoisotopic (exact) mass is 434 g/mol. The molecule has 8 heteroatoms. The van der Waals surface area contributed by atoms with Gasteiger partial charge < -0.3 is 24.5 Å². The molecule has 7 nitrogen and oxygen atoms in total. The summed E-state index contributed by atoms with van der Waals surface area (Å²) in [5.41, 5.74) is 1.52. The summed E-state index contributed by atoms with van der Waals surface area (Å²) in [5, 5.41) is 6.45. The lowest BCUT2D eigenvalue weighted by molar-refractivity contribution is 0.0999. The smallest absolute Gasteiger partial charge is 0.293 e. The molecule has 0 bridgehead atoms. The zero-order valence-electron chi connectivity index (χ0n) is 16.0. The fourth-order valence-corrected chi connectivity index (χ4v) is 3.54. The fraction of sp³-hybridized carbons (Fsp3) is 0.0435. The van der Waals surface area contributed by atoms with Gasteiger partial charge in [-0.1, -0.05) is 35.9 Å². The van der Waals surface area contributed by atoms with Crippen LogP contribution in [0.4, 0.5) is 11.4 Å². The number of carbonyl (C=O) groups is 2. The van der Waals surface area contributed by atoms with Gasteiger partial charge >= 0.3 is 0 Å². The number of ether oxygens (including phenoxy) is 2. The zero-order valence-corrected chi connectivity index (χ0v) is 16.7. The van der Waals surface area contributed by atoms with E-state index >= 15 is 0 Å². The maximum absolute atomic E-state index is 13.0. The van der Waals surface area contributed by atoms with Crippen molar-refractivity contribution in [1.82, 2.24) is 0 Å². The molecule has 4 aromatic rings. The largest absolute Gasteiger partial charge is 0.454 e. The molecule has 1 aromatic heterocycles. The Balaban J connectivity index is 1.49. The highest BCUT2D eigenvalue weighted by Crippen LogP contribution is 2.36. The lowest BCUT2D eigenvalue weighted by Gasteiger charge is -2.09. The SMILES string of the molecule is O=C(Nc1c(C(=O)Nc2ccc3c(c2)OCO3)oc2ccccc12)c1ccccc1Cl. The van der Waals surface area contributed by atoms with Gasteiger partial charge in [-0.15, -0.1) is 0 Å². The van der Waals surface area contributed by atoms with Gasteiger partial charge in [-0.2, -0.15) is 0 Å². The number of nitrogens with one attached hydrogen (secondary N) is 2. The average Bonchev–Trinajstić information content (AvgIpc) is 3.38. The Hall–Kier alpha value is -3.97. The van der Waals surface area contributed by atoms with Gasteiger partial charge in [-0.3, -0.25) is 9.59 Å². The van der Waals surface area contributed by atoms with E-state index in [1.54, 1.807) is 66.7 Å². The van der Waals surface area contributed by atoms with Crippen molar-refractivity contribution >= 4 is 45.8 Å². The molecule has 2 heterocycles. The van der Waals surface area contributed by atoms with Crippen molar-refractivity contribution in [2.24, 2.45) is 0 Å². The molecule has 0 spiro atoms. The number of anilines is 2. The predicted octanol–water partition coefficient (Wildman–Crippen LogP) is 5.32. The molecule has 1 aliphatic rings. The quantitative estimate of drug-likeness (QED) is 0.453. The lowest BCUT2D eigenvalue weighted by atomic mass is 10.1. The maximum Gasteiger partial charge on any atom is 0.293 e. The molecule has 2 N–H and O–H groups in total. The number of hydrogen-bond acceptors (Lipinski definition) is 5. The average molecular weight is 435 g/mol. The highest BCUT2D eigenvalue weighted by atomic mass is 35.5. The molecule has 31 heavy (non-hydrogen) atoms. The minimum absolute atomic E-state index is 0.0285. The first kappa shape index (κ1) is 19.0. The van der Waals surface area contributed by atoms with E-state index in [1.807, 2.05) is 0 Å². The molecular weight excluding hydrogens is 420 g/mol. The minimum Gasteiger partial charge on any atom is -0.454 e. The van der Waals surface area contributed by atoms with Crippen LogP contribution in [0.5, 0.6) is 11.5 Å². The number of furan rings is 1. The van der Waals surface area contributed by atoms with E-state index in [9.17, 15) is 9.59 Å². The highest BCUT2D eigenvalue weighted by molar-refractivity contribution is 6.34. The Bertz CT molecular complexity index is 1330. The molecule has 154 valence electrons. The number of fused-ring (bicyclic) bond motifs is 2. The van der Waals surface area contributed by atoms with Crippen LogP contribution < -0.4 is 20.1 Å². The van der Waals surface area contributed by atoms with E-state index in [1.165, 1.54) is 0 Å². The summed E-state index contributed by atoms with van der Waals surface area (Å²) in [6, 6.07) is 18.8. The summed E-state index contributed by atoms with van der Waals surface area (Å²) in [5.74, 6) is 0.141. The first-order valence-corrected chi connectivity index (χ1v) is 9.76. The highest BCUT2D eigenvalue weighted by Gasteiger charge is 2.24. The first-order valence-electron chi connectivity index (χ1n) is 9.38. The van der Waals surface area contributed by atoms with Crippen LogP contribution in [0.15, 0.2) is 71.1 Å². The third-order valence-electron chi connectivity index (χ3n) is 4.79. The maximum atomic E-state index is 13.0. The van der Waals surface area contributed by atoms with Gasteiger partial charge in [0.15, 0.2) is 11.5 Å². The van der Waals surface area contributed by atoms with Crippen LogP contribution in [0, 0.1) is 0 Å². The summed E-state index contributed by atoms with van der Waals surface area (Å²) in [6.07, 6.45) is 0. The van der Waals surface area contributed by atoms with Gasteiger partial charge in [0, 0.05) is 17.1 Å². The molecule has 0 atom stereocenters. The van der Waals surface area contributed by atoms with Crippen LogP contribution in [-0.2, 0) is 0 Å². The third kappa shape index (κ3) is 3.55. The Labute approximate surface area is 181 Å². The molecule has 1 aliphatic heterocycles. The second-order valence-electron chi connectivity index (χ2n) is 6.76. The summed E-state index contributed by atoms with van der Waals surface area (Å²) < 4.78 is 16.4. The van der Waals surface area contributed by atoms with Crippen molar-refractivity contribution < 1.29 is 23.5 Å². The topological polar surface area (TPSA) is 89.8 Å². The Kier molecular flexibility index (Phi) is 4.72. The summed E-state index contributed by atoms with van der Waals surface area (Å²) in [6.45, 7) is 0.133. The Morgan fingerprint density at radius 3 is 2.48 bits per heavy atom. The van der Waals surface area contributed by atoms with Crippen molar-refractivity contribution in [2.75, 3.05) is 17.4 Å². The van der Waals surface area contributed by atoms with E-state index in [0.29, 0.717) is 33.2 Å². The van der Waals surface area contributed by atoms with E-state index in [4.69, 9.17) is 25.5 Å². The second kappa shape index (κ2) is 7.70. The van der Waals surface area contributed by atoms with Crippen molar-refractivity contribution in [3.8, 4) is 11.5 Å². The first-order chi connectivity index (χ1) is 15.1. The molecule has 0 unspecified atom stereocenters. The predicted molar refractivity (Wildman–Crippen MR) is 116 cm³/mol. The molecule has 0 saturated heterocycles. The summed E-state index contributed by atoms with van der Waals surface area (Å²) in [7, 11) is 0. The van der Waals surface area contributed by atoms with Crippen LogP contribution in [0.1, 0.15) is 20.9 Å². The molecule has 0 aliphatic carbocycles. The van der Waals surface area contributed by atoms with E-state index in [2.05, 4.69) is 10.6 Å². The molecule has 5 rings (SSSR count). The summed E-state index contributed by atoms with van der Waals surface area (Å²) >= 11 is 6.15. The second-order valence-corrected chi connectivity index (χ2v) is 7.17. The zero-order chi connectivity index (χ0) is 21.4. The molecular formula is C23H15ClN2O5. The van der Waals surface area contributed by atoms with Crippen LogP contribution in [0.3, 0.4) is 0 Å². The number of benzene rings is 3. The van der Waals surface area contributed by atoms with Crippen LogP contribution >= 0.6 is 11.6 Å². The number of halogens is 1. The van der Waals surface area contributed by atoms with Crippen molar-refractivity contribution in [2.45, 2.75) is 0 Å². The lowest BCUT2D eigenvalue weighted by Crippen LogP contribution is -2.17. The van der Waals surface area contributed by atoms with Gasteiger partial charge in [0.25, 0.3) is 11.8 Å². The van der Waals surface area contributed by atoms with Crippen LogP contribution in [0.2, 0.25) is 5.02 Å². The van der Waals surface area contributed by atoms with E-state index in [-0.39, 0.29) is 23.8 Å². The molecule has 2 amide bonds. The molecule has 0 radical (unpaired) electrons. The number of rotatable bonds is 4. The number of carbonyl (C=O) groups excluding carboxylic acids is 2. The normalized spacial score (nSPS) is 12.0. The molecule has 0 saturated carbocycles. The number of amides is 2. The fourth-order valence-electron chi connectivity index (χ4n) is 3.32. The van der Waals surface area contributed by atoms with Gasteiger partial charge in [-0.25, -0.2) is 0 Å². The Morgan fingerprint density at radius 1 is 0.839 bits per heavy atom. The molecule has 3 aromatic carbocycles. The van der Waals surface area contributed by atoms with E-state index in [0.717, 1.165) is 0 Å². The van der Waals surface area contributed by atoms with Crippen LogP contribution in [0.25, 0.3) is 11.0 Å². The standard InChI is InChI=1S/C23H15ClN2O5/c24-16-7-3-1-5-14(16)22(27)26-20-15-6-2-4-8-17(15)31-21(20)23(28)25-13-9-10-18-19(11-13)30-12-29-18/h1-11H,12H2,(H,25,28)(H,26,27). The van der Waals surface area contributed by atoms with Crippen molar-refractivity contribution in [3.05, 3.63) is 83.1 Å². The third-order valence-corrected chi connectivity index (χ3v) is 5.12. The molecule has 0 fully saturated rings. The minimum atomic E-state index is -0.524. The van der Waals surface area contributed by atoms with Gasteiger partial charge in [-0.05, 0) is 36.4 Å². The van der Waals surface area contributed by atoms with Crippen LogP contribution in [-0.4, -0.2) is 18.6 Å². The summed E-state index contributed by atoms with van der Waals surface area (Å²) in [4.78, 5) is 25.9. The van der Waals surface area contributed by atoms with Crippen molar-refractivity contribution in [1.29, 1.82) is 0 Å². The van der Waals surface area contributed by atoms with E-state index < -0.39 is 11.8 Å². The Morgan fingerprint density at radius 2 is 1.61 bits per heavy atom. The number of hydrogen-bond donors (Lipinski definition) is 2. The van der Waals surface area contributed by atoms with Gasteiger partial charge in [0.2, 0.25) is 12.6 Å². The van der Waals surface area contributed by atoms with Gasteiger partial charge in [0.1, 0.15) is 11.3 Å². The number of para-hydroxylation sites is 1.